The third-order valence-electron chi connectivity index (χ3n) is 3.88. The molecule has 1 atom stereocenters. The predicted octanol–water partition coefficient (Wildman–Crippen LogP) is 4.17. The van der Waals surface area contributed by atoms with Crippen molar-refractivity contribution in [2.24, 2.45) is 0 Å². The highest BCUT2D eigenvalue weighted by atomic mass is 16.6. The van der Waals surface area contributed by atoms with E-state index >= 15 is 0 Å². The molecule has 0 N–H and O–H groups in total. The summed E-state index contributed by atoms with van der Waals surface area (Å²) in [5, 5.41) is 0. The minimum atomic E-state index is -0.975. The van der Waals surface area contributed by atoms with Crippen LogP contribution in [0.3, 0.4) is 0 Å². The Morgan fingerprint density at radius 2 is 1.60 bits per heavy atom. The maximum Gasteiger partial charge on any atom is 0.338 e. The molecule has 0 saturated carbocycles. The Balaban J connectivity index is 1.99. The lowest BCUT2D eigenvalue weighted by Crippen LogP contribution is -2.42. The monoisotopic (exact) mass is 342 g/mol. The van der Waals surface area contributed by atoms with Crippen LogP contribution < -0.4 is 4.74 Å². The molecular weight excluding hydrogens is 316 g/mol. The molecule has 4 nitrogen and oxygen atoms in total. The van der Waals surface area contributed by atoms with Crippen LogP contribution in [0.5, 0.6) is 5.75 Å². The summed E-state index contributed by atoms with van der Waals surface area (Å²) in [5.74, 6) is 0.461. The molecule has 2 aromatic carbocycles. The molecule has 0 aliphatic heterocycles. The Morgan fingerprint density at radius 1 is 0.920 bits per heavy atom. The van der Waals surface area contributed by atoms with Crippen molar-refractivity contribution in [3.05, 3.63) is 65.7 Å². The molecule has 2 aromatic rings. The molecule has 0 bridgehead atoms. The smallest absolute Gasteiger partial charge is 0.338 e. The Kier molecular flexibility index (Phi) is 7.02. The van der Waals surface area contributed by atoms with Crippen molar-refractivity contribution >= 4 is 5.97 Å². The molecule has 25 heavy (non-hydrogen) atoms. The fourth-order valence-corrected chi connectivity index (χ4v) is 2.62. The second kappa shape index (κ2) is 9.23. The van der Waals surface area contributed by atoms with Gasteiger partial charge in [0.1, 0.15) is 12.4 Å². The first-order chi connectivity index (χ1) is 12.1. The first kappa shape index (κ1) is 19.0. The van der Waals surface area contributed by atoms with Crippen LogP contribution in [0.1, 0.15) is 31.9 Å². The molecule has 0 saturated heterocycles. The summed E-state index contributed by atoms with van der Waals surface area (Å²) in [6.07, 6.45) is 0.457. The van der Waals surface area contributed by atoms with Gasteiger partial charge in [-0.15, -0.1) is 0 Å². The molecule has 0 aliphatic rings. The summed E-state index contributed by atoms with van der Waals surface area (Å²) in [6, 6.07) is 17.8. The molecule has 0 fully saturated rings. The number of hydrogen-bond acceptors (Lipinski definition) is 4. The van der Waals surface area contributed by atoms with E-state index in [1.807, 2.05) is 61.5 Å². The normalized spacial score (nSPS) is 13.1. The first-order valence-corrected chi connectivity index (χ1v) is 8.64. The highest BCUT2D eigenvalue weighted by Crippen LogP contribution is 2.22. The summed E-state index contributed by atoms with van der Waals surface area (Å²) >= 11 is 0. The van der Waals surface area contributed by atoms with Gasteiger partial charge in [-0.05, 0) is 44.0 Å². The van der Waals surface area contributed by atoms with Gasteiger partial charge in [-0.3, -0.25) is 0 Å². The number of carbonyl (C=O) groups is 1. The van der Waals surface area contributed by atoms with Crippen LogP contribution in [0.25, 0.3) is 0 Å². The average Bonchev–Trinajstić information content (AvgIpc) is 2.62. The van der Waals surface area contributed by atoms with Crippen molar-refractivity contribution in [3.8, 4) is 5.75 Å². The van der Waals surface area contributed by atoms with Crippen LogP contribution >= 0.6 is 0 Å². The molecule has 1 unspecified atom stereocenters. The SMILES string of the molecule is CCOC(=O)C(C)(Cc1ccc(OCc2ccccc2)cc1)OCC. The van der Waals surface area contributed by atoms with Gasteiger partial charge in [-0.1, -0.05) is 42.5 Å². The Labute approximate surface area is 149 Å². The number of hydrogen-bond donors (Lipinski definition) is 0. The van der Waals surface area contributed by atoms with E-state index in [0.717, 1.165) is 16.9 Å². The van der Waals surface area contributed by atoms with Crippen LogP contribution in [0.4, 0.5) is 0 Å². The highest BCUT2D eigenvalue weighted by Gasteiger charge is 2.35. The Bertz CT molecular complexity index is 651. The van der Waals surface area contributed by atoms with Gasteiger partial charge in [0, 0.05) is 13.0 Å². The molecule has 0 aromatic heterocycles. The molecule has 0 spiro atoms. The summed E-state index contributed by atoms with van der Waals surface area (Å²) in [4.78, 5) is 12.2. The topological polar surface area (TPSA) is 44.8 Å². The van der Waals surface area contributed by atoms with E-state index < -0.39 is 5.60 Å². The van der Waals surface area contributed by atoms with Crippen molar-refractivity contribution in [1.82, 2.24) is 0 Å². The van der Waals surface area contributed by atoms with Gasteiger partial charge < -0.3 is 14.2 Å². The van der Waals surface area contributed by atoms with Crippen LogP contribution in [-0.4, -0.2) is 24.8 Å². The number of carbonyl (C=O) groups excluding carboxylic acids is 1. The zero-order chi connectivity index (χ0) is 18.1. The van der Waals surface area contributed by atoms with Gasteiger partial charge in [0.2, 0.25) is 0 Å². The second-order valence-electron chi connectivity index (χ2n) is 5.98. The summed E-state index contributed by atoms with van der Waals surface area (Å²) in [5.41, 5.74) is 1.14. The van der Waals surface area contributed by atoms with Gasteiger partial charge in [0.05, 0.1) is 6.61 Å². The van der Waals surface area contributed by atoms with Gasteiger partial charge in [-0.25, -0.2) is 4.79 Å². The number of benzene rings is 2. The minimum Gasteiger partial charge on any atom is -0.489 e. The van der Waals surface area contributed by atoms with E-state index in [0.29, 0.717) is 26.2 Å². The quantitative estimate of drug-likeness (QED) is 0.642. The van der Waals surface area contributed by atoms with Crippen molar-refractivity contribution < 1.29 is 19.0 Å². The molecule has 134 valence electrons. The molecule has 0 amide bonds. The van der Waals surface area contributed by atoms with E-state index in [1.165, 1.54) is 0 Å². The third-order valence-corrected chi connectivity index (χ3v) is 3.88. The molecule has 2 rings (SSSR count). The Hall–Kier alpha value is -2.33. The van der Waals surface area contributed by atoms with E-state index in [1.54, 1.807) is 13.8 Å². The average molecular weight is 342 g/mol. The maximum absolute atomic E-state index is 12.2. The molecular formula is C21H26O4. The van der Waals surface area contributed by atoms with Crippen LogP contribution in [-0.2, 0) is 27.3 Å². The minimum absolute atomic E-state index is 0.332. The van der Waals surface area contributed by atoms with Gasteiger partial charge in [0.15, 0.2) is 5.60 Å². The summed E-state index contributed by atoms with van der Waals surface area (Å²) < 4.78 is 16.6. The van der Waals surface area contributed by atoms with E-state index in [2.05, 4.69) is 0 Å². The van der Waals surface area contributed by atoms with Crippen LogP contribution in [0.15, 0.2) is 54.6 Å². The molecule has 0 aliphatic carbocycles. The van der Waals surface area contributed by atoms with Gasteiger partial charge in [-0.2, -0.15) is 0 Å². The summed E-state index contributed by atoms with van der Waals surface area (Å²) in [6.45, 7) is 6.76. The lowest BCUT2D eigenvalue weighted by atomic mass is 9.96. The standard InChI is InChI=1S/C21H26O4/c1-4-23-20(22)21(3,25-5-2)15-17-11-13-19(14-12-17)24-16-18-9-7-6-8-10-18/h6-14H,4-5,15-16H2,1-3H3. The van der Waals surface area contributed by atoms with E-state index in [-0.39, 0.29) is 5.97 Å². The van der Waals surface area contributed by atoms with Crippen LogP contribution in [0, 0.1) is 0 Å². The van der Waals surface area contributed by atoms with Crippen molar-refractivity contribution in [1.29, 1.82) is 0 Å². The zero-order valence-electron chi connectivity index (χ0n) is 15.2. The fourth-order valence-electron chi connectivity index (χ4n) is 2.62. The van der Waals surface area contributed by atoms with Crippen molar-refractivity contribution in [2.45, 2.75) is 39.4 Å². The number of ether oxygens (including phenoxy) is 3. The van der Waals surface area contributed by atoms with Crippen molar-refractivity contribution in [2.75, 3.05) is 13.2 Å². The molecule has 0 heterocycles. The first-order valence-electron chi connectivity index (χ1n) is 8.64. The van der Waals surface area contributed by atoms with Gasteiger partial charge in [0.25, 0.3) is 0 Å². The fraction of sp³-hybridized carbons (Fsp3) is 0.381. The molecule has 0 radical (unpaired) electrons. The highest BCUT2D eigenvalue weighted by molar-refractivity contribution is 5.79. The second-order valence-corrected chi connectivity index (χ2v) is 5.98. The largest absolute Gasteiger partial charge is 0.489 e. The van der Waals surface area contributed by atoms with Crippen molar-refractivity contribution in [3.63, 3.8) is 0 Å². The van der Waals surface area contributed by atoms with Gasteiger partial charge >= 0.3 is 5.97 Å². The summed E-state index contributed by atoms with van der Waals surface area (Å²) in [7, 11) is 0. The zero-order valence-corrected chi connectivity index (χ0v) is 15.2. The third kappa shape index (κ3) is 5.61. The van der Waals surface area contributed by atoms with E-state index in [9.17, 15) is 4.79 Å². The number of rotatable bonds is 9. The lowest BCUT2D eigenvalue weighted by molar-refractivity contribution is -0.169. The Morgan fingerprint density at radius 3 is 2.20 bits per heavy atom. The van der Waals surface area contributed by atoms with Crippen LogP contribution in [0.2, 0.25) is 0 Å². The maximum atomic E-state index is 12.2. The van der Waals surface area contributed by atoms with E-state index in [4.69, 9.17) is 14.2 Å². The number of esters is 1. The molecule has 4 heteroatoms. The predicted molar refractivity (Wildman–Crippen MR) is 97.6 cm³/mol. The lowest BCUT2D eigenvalue weighted by Gasteiger charge is -2.27.